The summed E-state index contributed by atoms with van der Waals surface area (Å²) >= 11 is 0. The Labute approximate surface area is 131 Å². The Morgan fingerprint density at radius 1 is 1.23 bits per heavy atom. The first kappa shape index (κ1) is 18.0. The number of rotatable bonds is 5. The molecule has 130 valence electrons. The Morgan fingerprint density at radius 2 is 1.91 bits per heavy atom. The largest absolute Gasteiger partial charge is 0.416 e. The molecular weight excluding hydrogens is 295 g/mol. The minimum Gasteiger partial charge on any atom is -0.378 e. The van der Waals surface area contributed by atoms with Crippen LogP contribution in [-0.2, 0) is 9.47 Å². The lowest BCUT2D eigenvalue weighted by Gasteiger charge is -2.43. The summed E-state index contributed by atoms with van der Waals surface area (Å²) in [5.74, 6) is 0.257. The Hall–Kier alpha value is -0.330. The van der Waals surface area contributed by atoms with Crippen molar-refractivity contribution >= 4 is 0 Å². The third-order valence-corrected chi connectivity index (χ3v) is 4.75. The van der Waals surface area contributed by atoms with E-state index in [1.807, 2.05) is 13.8 Å². The zero-order valence-electron chi connectivity index (χ0n) is 13.9. The van der Waals surface area contributed by atoms with E-state index in [1.54, 1.807) is 0 Å². The number of ether oxygens (including phenoxy) is 2. The lowest BCUT2D eigenvalue weighted by atomic mass is 9.88. The lowest BCUT2D eigenvalue weighted by Crippen LogP contribution is -2.53. The number of hydrogen-bond acceptors (Lipinski definition) is 3. The topological polar surface area (TPSA) is 21.7 Å². The molecule has 6 heteroatoms. The van der Waals surface area contributed by atoms with E-state index in [2.05, 4.69) is 4.90 Å². The SMILES string of the molecule is CC(C)OC[C@@H]1C[C@@H](OC(C)(C)C(F)(F)F)CN2CCCC12. The van der Waals surface area contributed by atoms with Gasteiger partial charge in [0.2, 0.25) is 0 Å². The van der Waals surface area contributed by atoms with Gasteiger partial charge in [0.25, 0.3) is 0 Å². The van der Waals surface area contributed by atoms with Gasteiger partial charge in [-0.05, 0) is 53.5 Å². The first-order valence-corrected chi connectivity index (χ1v) is 8.20. The molecule has 2 fully saturated rings. The highest BCUT2D eigenvalue weighted by Crippen LogP contribution is 2.38. The molecule has 0 aromatic carbocycles. The van der Waals surface area contributed by atoms with Gasteiger partial charge in [-0.2, -0.15) is 13.2 Å². The van der Waals surface area contributed by atoms with Crippen LogP contribution >= 0.6 is 0 Å². The van der Waals surface area contributed by atoms with Crippen molar-refractivity contribution in [1.29, 1.82) is 0 Å². The van der Waals surface area contributed by atoms with E-state index in [0.717, 1.165) is 33.2 Å². The predicted octanol–water partition coefficient (Wildman–Crippen LogP) is 3.62. The first-order valence-electron chi connectivity index (χ1n) is 8.20. The van der Waals surface area contributed by atoms with Crippen molar-refractivity contribution in [2.45, 2.75) is 77.0 Å². The average Bonchev–Trinajstić information content (AvgIpc) is 2.82. The van der Waals surface area contributed by atoms with Crippen LogP contribution in [-0.4, -0.2) is 54.6 Å². The van der Waals surface area contributed by atoms with Crippen molar-refractivity contribution in [3.63, 3.8) is 0 Å². The van der Waals surface area contributed by atoms with E-state index in [4.69, 9.17) is 9.47 Å². The van der Waals surface area contributed by atoms with E-state index in [0.29, 0.717) is 25.6 Å². The molecule has 2 rings (SSSR count). The van der Waals surface area contributed by atoms with E-state index in [9.17, 15) is 13.2 Å². The van der Waals surface area contributed by atoms with Crippen LogP contribution < -0.4 is 0 Å². The fraction of sp³-hybridized carbons (Fsp3) is 1.00. The summed E-state index contributed by atoms with van der Waals surface area (Å²) in [5.41, 5.74) is -2.10. The van der Waals surface area contributed by atoms with Crippen LogP contribution in [0.25, 0.3) is 0 Å². The van der Waals surface area contributed by atoms with Crippen LogP contribution in [0.4, 0.5) is 13.2 Å². The monoisotopic (exact) mass is 323 g/mol. The fourth-order valence-electron chi connectivity index (χ4n) is 3.51. The van der Waals surface area contributed by atoms with Crippen molar-refractivity contribution in [3.8, 4) is 0 Å². The van der Waals surface area contributed by atoms with Gasteiger partial charge in [-0.3, -0.25) is 4.90 Å². The summed E-state index contributed by atoms with van der Waals surface area (Å²) in [4.78, 5) is 2.29. The molecule has 2 aliphatic rings. The Bertz CT molecular complexity index is 371. The molecule has 0 saturated carbocycles. The standard InChI is InChI=1S/C16H28F3NO2/c1-11(2)21-10-12-8-13(9-20-7-5-6-14(12)20)22-15(3,4)16(17,18)19/h11-14H,5-10H2,1-4H3/t12-,13+,14?/m0/s1. The zero-order chi connectivity index (χ0) is 16.5. The normalized spacial score (nSPS) is 30.8. The molecule has 3 atom stereocenters. The van der Waals surface area contributed by atoms with Crippen LogP contribution in [0.3, 0.4) is 0 Å². The lowest BCUT2D eigenvalue weighted by molar-refractivity contribution is -0.282. The molecule has 0 aliphatic carbocycles. The summed E-state index contributed by atoms with van der Waals surface area (Å²) < 4.78 is 50.3. The van der Waals surface area contributed by atoms with Gasteiger partial charge in [0.15, 0.2) is 5.60 Å². The Morgan fingerprint density at radius 3 is 2.50 bits per heavy atom. The molecule has 0 aromatic rings. The van der Waals surface area contributed by atoms with Crippen LogP contribution in [0, 0.1) is 5.92 Å². The van der Waals surface area contributed by atoms with Gasteiger partial charge in [-0.25, -0.2) is 0 Å². The maximum absolute atomic E-state index is 13.0. The average molecular weight is 323 g/mol. The van der Waals surface area contributed by atoms with Gasteiger partial charge < -0.3 is 9.47 Å². The van der Waals surface area contributed by atoms with E-state index in [-0.39, 0.29) is 18.1 Å². The third kappa shape index (κ3) is 4.15. The molecule has 3 nitrogen and oxygen atoms in total. The molecule has 0 amide bonds. The predicted molar refractivity (Wildman–Crippen MR) is 78.8 cm³/mol. The Kier molecular flexibility index (Phi) is 5.45. The minimum atomic E-state index is -4.35. The van der Waals surface area contributed by atoms with Crippen molar-refractivity contribution < 1.29 is 22.6 Å². The van der Waals surface area contributed by atoms with Crippen molar-refractivity contribution in [1.82, 2.24) is 4.90 Å². The molecule has 2 aliphatic heterocycles. The maximum atomic E-state index is 13.0. The van der Waals surface area contributed by atoms with E-state index in [1.165, 1.54) is 0 Å². The second kappa shape index (κ2) is 6.65. The molecule has 0 radical (unpaired) electrons. The van der Waals surface area contributed by atoms with E-state index < -0.39 is 11.8 Å². The number of piperidine rings is 1. The third-order valence-electron chi connectivity index (χ3n) is 4.75. The highest BCUT2D eigenvalue weighted by atomic mass is 19.4. The van der Waals surface area contributed by atoms with Gasteiger partial charge in [-0.1, -0.05) is 0 Å². The van der Waals surface area contributed by atoms with Gasteiger partial charge >= 0.3 is 6.18 Å². The maximum Gasteiger partial charge on any atom is 0.416 e. The van der Waals surface area contributed by atoms with Gasteiger partial charge in [0, 0.05) is 18.5 Å². The second-order valence-corrected chi connectivity index (χ2v) is 7.33. The molecule has 22 heavy (non-hydrogen) atoms. The molecule has 0 N–H and O–H groups in total. The fourth-order valence-corrected chi connectivity index (χ4v) is 3.51. The number of hydrogen-bond donors (Lipinski definition) is 0. The van der Waals surface area contributed by atoms with Gasteiger partial charge in [-0.15, -0.1) is 0 Å². The summed E-state index contributed by atoms with van der Waals surface area (Å²) in [5, 5.41) is 0. The number of fused-ring (bicyclic) bond motifs is 1. The quantitative estimate of drug-likeness (QED) is 0.771. The van der Waals surface area contributed by atoms with Crippen molar-refractivity contribution in [3.05, 3.63) is 0 Å². The van der Waals surface area contributed by atoms with E-state index >= 15 is 0 Å². The zero-order valence-corrected chi connectivity index (χ0v) is 13.9. The van der Waals surface area contributed by atoms with Crippen LogP contribution in [0.1, 0.15) is 47.0 Å². The second-order valence-electron chi connectivity index (χ2n) is 7.33. The molecule has 0 spiro atoms. The first-order chi connectivity index (χ1) is 10.1. The summed E-state index contributed by atoms with van der Waals surface area (Å²) in [7, 11) is 0. The number of alkyl halides is 3. The van der Waals surface area contributed by atoms with Crippen LogP contribution in [0.2, 0.25) is 0 Å². The number of nitrogens with zero attached hydrogens (tertiary/aromatic N) is 1. The van der Waals surface area contributed by atoms with Crippen LogP contribution in [0.5, 0.6) is 0 Å². The molecule has 1 unspecified atom stereocenters. The smallest absolute Gasteiger partial charge is 0.378 e. The van der Waals surface area contributed by atoms with Gasteiger partial charge in [0.1, 0.15) is 0 Å². The molecular formula is C16H28F3NO2. The van der Waals surface area contributed by atoms with Crippen molar-refractivity contribution in [2.75, 3.05) is 19.7 Å². The minimum absolute atomic E-state index is 0.141. The molecule has 0 aromatic heterocycles. The van der Waals surface area contributed by atoms with Crippen molar-refractivity contribution in [2.24, 2.45) is 5.92 Å². The van der Waals surface area contributed by atoms with Gasteiger partial charge in [0.05, 0.1) is 18.8 Å². The summed E-state index contributed by atoms with van der Waals surface area (Å²) in [6.07, 6.45) is -1.72. The highest BCUT2D eigenvalue weighted by Gasteiger charge is 2.51. The molecule has 2 heterocycles. The number of halogens is 3. The summed E-state index contributed by atoms with van der Waals surface area (Å²) in [6.45, 7) is 8.35. The molecule has 2 saturated heterocycles. The van der Waals surface area contributed by atoms with Crippen LogP contribution in [0.15, 0.2) is 0 Å². The summed E-state index contributed by atoms with van der Waals surface area (Å²) in [6, 6.07) is 0.438. The Balaban J connectivity index is 2.01. The molecule has 0 bridgehead atoms. The highest BCUT2D eigenvalue weighted by molar-refractivity contribution is 4.94.